The largest absolute Gasteiger partial charge is 0.329 e. The first-order chi connectivity index (χ1) is 10.5. The average Bonchev–Trinajstić information content (AvgIpc) is 2.47. The number of benzene rings is 1. The fourth-order valence-corrected chi connectivity index (χ4v) is 3.20. The Morgan fingerprint density at radius 3 is 2.50 bits per heavy atom. The van der Waals surface area contributed by atoms with Crippen molar-refractivity contribution in [3.63, 3.8) is 0 Å². The number of aromatic amines is 1. The van der Waals surface area contributed by atoms with Crippen LogP contribution in [0.2, 0.25) is 0 Å². The molecule has 0 radical (unpaired) electrons. The van der Waals surface area contributed by atoms with Gasteiger partial charge in [0.2, 0.25) is 0 Å². The molecular formula is C17H20N2O2S. The van der Waals surface area contributed by atoms with Gasteiger partial charge in [0.15, 0.2) is 0 Å². The fraction of sp³-hybridized carbons (Fsp3) is 0.294. The third-order valence-corrected chi connectivity index (χ3v) is 4.40. The van der Waals surface area contributed by atoms with Crippen molar-refractivity contribution in [1.29, 1.82) is 0 Å². The van der Waals surface area contributed by atoms with Crippen LogP contribution in [0.1, 0.15) is 26.3 Å². The molecule has 2 aromatic rings. The van der Waals surface area contributed by atoms with Crippen molar-refractivity contribution < 1.29 is 0 Å². The van der Waals surface area contributed by atoms with Crippen molar-refractivity contribution in [3.8, 4) is 0 Å². The zero-order chi connectivity index (χ0) is 16.1. The van der Waals surface area contributed by atoms with Gasteiger partial charge in [0.05, 0.1) is 5.03 Å². The summed E-state index contributed by atoms with van der Waals surface area (Å²) in [5.41, 5.74) is 1.12. The summed E-state index contributed by atoms with van der Waals surface area (Å²) in [4.78, 5) is 27.7. The second kappa shape index (κ2) is 7.31. The zero-order valence-corrected chi connectivity index (χ0v) is 13.9. The van der Waals surface area contributed by atoms with Crippen LogP contribution in [0.15, 0.2) is 61.5 Å². The first-order valence-corrected chi connectivity index (χ1v) is 8.06. The Labute approximate surface area is 133 Å². The highest BCUT2D eigenvalue weighted by Crippen LogP contribution is 2.28. The minimum Gasteiger partial charge on any atom is -0.284 e. The third kappa shape index (κ3) is 3.80. The highest BCUT2D eigenvalue weighted by molar-refractivity contribution is 7.99. The number of hydrogen-bond acceptors (Lipinski definition) is 3. The van der Waals surface area contributed by atoms with Crippen LogP contribution in [0.3, 0.4) is 0 Å². The topological polar surface area (TPSA) is 54.9 Å². The maximum Gasteiger partial charge on any atom is 0.329 e. The molecule has 0 aliphatic carbocycles. The van der Waals surface area contributed by atoms with Gasteiger partial charge in [-0.3, -0.25) is 14.3 Å². The standard InChI is InChI=1S/C17H20N2O2S/c1-4-14-15(20)18-17(21)19(11-10-12(2)3)16(14)22-13-8-6-5-7-9-13/h5-10H,4,11H2,1-3H3,(H,18,20,21). The Kier molecular flexibility index (Phi) is 5.44. The molecule has 0 spiro atoms. The van der Waals surface area contributed by atoms with E-state index in [4.69, 9.17) is 0 Å². The van der Waals surface area contributed by atoms with Gasteiger partial charge in [0.25, 0.3) is 5.56 Å². The molecule has 0 atom stereocenters. The number of rotatable bonds is 5. The number of aromatic nitrogens is 2. The highest BCUT2D eigenvalue weighted by Gasteiger charge is 2.14. The highest BCUT2D eigenvalue weighted by atomic mass is 32.2. The van der Waals surface area contributed by atoms with Gasteiger partial charge in [-0.15, -0.1) is 0 Å². The second-order valence-electron chi connectivity index (χ2n) is 5.20. The van der Waals surface area contributed by atoms with E-state index in [1.165, 1.54) is 11.8 Å². The number of hydrogen-bond donors (Lipinski definition) is 1. The summed E-state index contributed by atoms with van der Waals surface area (Å²) >= 11 is 1.46. The molecule has 1 heterocycles. The zero-order valence-electron chi connectivity index (χ0n) is 13.1. The Morgan fingerprint density at radius 1 is 1.23 bits per heavy atom. The summed E-state index contributed by atoms with van der Waals surface area (Å²) in [5.74, 6) is 0. The predicted molar refractivity (Wildman–Crippen MR) is 90.7 cm³/mol. The van der Waals surface area contributed by atoms with Crippen LogP contribution in [0.25, 0.3) is 0 Å². The normalized spacial score (nSPS) is 10.5. The van der Waals surface area contributed by atoms with Gasteiger partial charge in [0, 0.05) is 17.0 Å². The van der Waals surface area contributed by atoms with Gasteiger partial charge >= 0.3 is 5.69 Å². The maximum absolute atomic E-state index is 12.2. The van der Waals surface area contributed by atoms with E-state index in [-0.39, 0.29) is 11.2 Å². The van der Waals surface area contributed by atoms with Crippen molar-refractivity contribution in [3.05, 3.63) is 68.4 Å². The van der Waals surface area contributed by atoms with Crippen LogP contribution in [-0.2, 0) is 13.0 Å². The van der Waals surface area contributed by atoms with Crippen LogP contribution in [0, 0.1) is 0 Å². The summed E-state index contributed by atoms with van der Waals surface area (Å²) in [7, 11) is 0. The van der Waals surface area contributed by atoms with E-state index >= 15 is 0 Å². The van der Waals surface area contributed by atoms with Crippen LogP contribution in [0.5, 0.6) is 0 Å². The molecule has 0 aliphatic rings. The maximum atomic E-state index is 12.2. The summed E-state index contributed by atoms with van der Waals surface area (Å²) < 4.78 is 1.63. The van der Waals surface area contributed by atoms with Crippen molar-refractivity contribution in [2.45, 2.75) is 43.7 Å². The molecule has 0 aliphatic heterocycles. The Morgan fingerprint density at radius 2 is 1.91 bits per heavy atom. The molecule has 22 heavy (non-hydrogen) atoms. The van der Waals surface area contributed by atoms with E-state index in [1.54, 1.807) is 4.57 Å². The van der Waals surface area contributed by atoms with E-state index in [1.807, 2.05) is 57.2 Å². The van der Waals surface area contributed by atoms with Crippen LogP contribution >= 0.6 is 11.8 Å². The first kappa shape index (κ1) is 16.4. The summed E-state index contributed by atoms with van der Waals surface area (Å²) in [6.07, 6.45) is 2.56. The molecule has 0 unspecified atom stereocenters. The van der Waals surface area contributed by atoms with E-state index in [0.29, 0.717) is 18.5 Å². The smallest absolute Gasteiger partial charge is 0.284 e. The number of H-pyrrole nitrogens is 1. The van der Waals surface area contributed by atoms with E-state index in [9.17, 15) is 9.59 Å². The van der Waals surface area contributed by atoms with Crippen molar-refractivity contribution in [2.75, 3.05) is 0 Å². The number of nitrogens with zero attached hydrogens (tertiary/aromatic N) is 1. The lowest BCUT2D eigenvalue weighted by Crippen LogP contribution is -2.33. The Hall–Kier alpha value is -2.01. The van der Waals surface area contributed by atoms with Crippen molar-refractivity contribution in [2.24, 2.45) is 0 Å². The first-order valence-electron chi connectivity index (χ1n) is 7.25. The lowest BCUT2D eigenvalue weighted by Gasteiger charge is -2.14. The summed E-state index contributed by atoms with van der Waals surface area (Å²) in [6.45, 7) is 6.36. The quantitative estimate of drug-likeness (QED) is 0.681. The SMILES string of the molecule is CCc1c(Sc2ccccc2)n(CC=C(C)C)c(=O)[nH]c1=O. The fourth-order valence-electron chi connectivity index (χ4n) is 2.06. The van der Waals surface area contributed by atoms with Crippen LogP contribution in [-0.4, -0.2) is 9.55 Å². The molecule has 1 aromatic carbocycles. The monoisotopic (exact) mass is 316 g/mol. The summed E-state index contributed by atoms with van der Waals surface area (Å²) in [6, 6.07) is 9.78. The molecule has 0 saturated heterocycles. The van der Waals surface area contributed by atoms with E-state index in [0.717, 1.165) is 15.5 Å². The predicted octanol–water partition coefficient (Wildman–Crippen LogP) is 3.22. The lowest BCUT2D eigenvalue weighted by molar-refractivity contribution is 0.643. The molecule has 0 saturated carbocycles. The van der Waals surface area contributed by atoms with Gasteiger partial charge in [-0.05, 0) is 32.4 Å². The molecule has 0 amide bonds. The van der Waals surface area contributed by atoms with E-state index in [2.05, 4.69) is 4.98 Å². The van der Waals surface area contributed by atoms with Crippen molar-refractivity contribution >= 4 is 11.8 Å². The van der Waals surface area contributed by atoms with Gasteiger partial charge < -0.3 is 0 Å². The molecule has 5 heteroatoms. The number of nitrogens with one attached hydrogen (secondary N) is 1. The Bertz CT molecular complexity index is 785. The van der Waals surface area contributed by atoms with Crippen LogP contribution in [0.4, 0.5) is 0 Å². The second-order valence-corrected chi connectivity index (χ2v) is 6.27. The molecule has 4 nitrogen and oxygen atoms in total. The van der Waals surface area contributed by atoms with Crippen LogP contribution < -0.4 is 11.2 Å². The van der Waals surface area contributed by atoms with Crippen molar-refractivity contribution in [1.82, 2.24) is 9.55 Å². The molecule has 2 rings (SSSR count). The molecule has 0 bridgehead atoms. The molecule has 0 fully saturated rings. The summed E-state index contributed by atoms with van der Waals surface area (Å²) in [5, 5.41) is 0.722. The van der Waals surface area contributed by atoms with Gasteiger partial charge in [0.1, 0.15) is 0 Å². The van der Waals surface area contributed by atoms with Gasteiger partial charge in [-0.1, -0.05) is 48.5 Å². The minimum atomic E-state index is -0.363. The van der Waals surface area contributed by atoms with Gasteiger partial charge in [-0.25, -0.2) is 4.79 Å². The molecule has 1 aromatic heterocycles. The number of allylic oxidation sites excluding steroid dienone is 2. The van der Waals surface area contributed by atoms with Gasteiger partial charge in [-0.2, -0.15) is 0 Å². The lowest BCUT2D eigenvalue weighted by atomic mass is 10.2. The molecule has 116 valence electrons. The minimum absolute atomic E-state index is 0.292. The molecule has 1 N–H and O–H groups in total. The molecular weight excluding hydrogens is 296 g/mol. The average molecular weight is 316 g/mol. The van der Waals surface area contributed by atoms with E-state index < -0.39 is 0 Å². The third-order valence-electron chi connectivity index (χ3n) is 3.24. The Balaban J connectivity index is 2.58.